The van der Waals surface area contributed by atoms with E-state index in [1.54, 1.807) is 0 Å². The maximum Gasteiger partial charge on any atom is 0.0453 e. The van der Waals surface area contributed by atoms with Crippen LogP contribution in [0.5, 0.6) is 0 Å². The second-order valence-electron chi connectivity index (χ2n) is 5.54. The predicted molar refractivity (Wildman–Crippen MR) is 87.0 cm³/mol. The molecule has 0 aliphatic heterocycles. The van der Waals surface area contributed by atoms with Crippen LogP contribution >= 0.6 is 11.6 Å². The normalized spacial score (nSPS) is 14.2. The quantitative estimate of drug-likeness (QED) is 0.777. The summed E-state index contributed by atoms with van der Waals surface area (Å²) in [4.78, 5) is 0. The summed E-state index contributed by atoms with van der Waals surface area (Å²) in [5.74, 6) is 0.516. The highest BCUT2D eigenvalue weighted by molar-refractivity contribution is 6.31. The zero-order valence-electron chi connectivity index (χ0n) is 12.3. The van der Waals surface area contributed by atoms with Crippen molar-refractivity contribution < 1.29 is 0 Å². The van der Waals surface area contributed by atoms with Crippen LogP contribution in [0.1, 0.15) is 44.0 Å². The van der Waals surface area contributed by atoms with Crippen LogP contribution in [0.2, 0.25) is 5.02 Å². The van der Waals surface area contributed by atoms with Gasteiger partial charge in [-0.25, -0.2) is 0 Å². The van der Waals surface area contributed by atoms with Gasteiger partial charge < -0.3 is 5.32 Å². The summed E-state index contributed by atoms with van der Waals surface area (Å²) in [5, 5.41) is 4.53. The van der Waals surface area contributed by atoms with Gasteiger partial charge in [0.25, 0.3) is 0 Å². The highest BCUT2D eigenvalue weighted by Gasteiger charge is 2.19. The van der Waals surface area contributed by atoms with Crippen LogP contribution < -0.4 is 5.32 Å². The molecule has 1 unspecified atom stereocenters. The van der Waals surface area contributed by atoms with E-state index in [0.717, 1.165) is 10.6 Å². The second-order valence-corrected chi connectivity index (χ2v) is 5.95. The average molecular weight is 288 g/mol. The fourth-order valence-electron chi connectivity index (χ4n) is 2.52. The monoisotopic (exact) mass is 287 g/mol. The first-order valence-electron chi connectivity index (χ1n) is 7.15. The van der Waals surface area contributed by atoms with E-state index in [-0.39, 0.29) is 6.04 Å². The molecule has 2 rings (SSSR count). The van der Waals surface area contributed by atoms with E-state index in [0.29, 0.717) is 12.0 Å². The SMILES string of the molecule is CC(C)C(N[C@H](C)c1ccccc1Cl)c1ccccc1. The highest BCUT2D eigenvalue weighted by atomic mass is 35.5. The first-order valence-corrected chi connectivity index (χ1v) is 7.53. The maximum atomic E-state index is 6.29. The molecule has 0 aromatic heterocycles. The Hall–Kier alpha value is -1.31. The number of halogens is 1. The molecule has 106 valence electrons. The molecule has 20 heavy (non-hydrogen) atoms. The van der Waals surface area contributed by atoms with Crippen LogP contribution in [0.4, 0.5) is 0 Å². The van der Waals surface area contributed by atoms with Gasteiger partial charge in [0.1, 0.15) is 0 Å². The molecule has 2 atom stereocenters. The van der Waals surface area contributed by atoms with Gasteiger partial charge in [-0.3, -0.25) is 0 Å². The first-order chi connectivity index (χ1) is 9.59. The summed E-state index contributed by atoms with van der Waals surface area (Å²) in [7, 11) is 0. The second kappa shape index (κ2) is 6.92. The molecule has 0 amide bonds. The first kappa shape index (κ1) is 15.1. The summed E-state index contributed by atoms with van der Waals surface area (Å²) in [6.07, 6.45) is 0. The lowest BCUT2D eigenvalue weighted by molar-refractivity contribution is 0.374. The third kappa shape index (κ3) is 3.62. The molecule has 0 aliphatic rings. The van der Waals surface area contributed by atoms with Gasteiger partial charge in [0.05, 0.1) is 0 Å². The van der Waals surface area contributed by atoms with E-state index in [9.17, 15) is 0 Å². The van der Waals surface area contributed by atoms with Crippen LogP contribution in [-0.2, 0) is 0 Å². The van der Waals surface area contributed by atoms with Crippen molar-refractivity contribution >= 4 is 11.6 Å². The van der Waals surface area contributed by atoms with Gasteiger partial charge in [-0.15, -0.1) is 0 Å². The third-order valence-corrected chi connectivity index (χ3v) is 3.97. The summed E-state index contributed by atoms with van der Waals surface area (Å²) in [6, 6.07) is 19.2. The van der Waals surface area contributed by atoms with E-state index in [2.05, 4.69) is 62.5 Å². The van der Waals surface area contributed by atoms with E-state index < -0.39 is 0 Å². The van der Waals surface area contributed by atoms with E-state index in [4.69, 9.17) is 11.6 Å². The fraction of sp³-hybridized carbons (Fsp3) is 0.333. The van der Waals surface area contributed by atoms with Crippen molar-refractivity contribution in [2.45, 2.75) is 32.9 Å². The van der Waals surface area contributed by atoms with Crippen molar-refractivity contribution in [3.05, 3.63) is 70.7 Å². The van der Waals surface area contributed by atoms with Crippen molar-refractivity contribution in [2.75, 3.05) is 0 Å². The van der Waals surface area contributed by atoms with Crippen LogP contribution in [0.15, 0.2) is 54.6 Å². The minimum absolute atomic E-state index is 0.219. The topological polar surface area (TPSA) is 12.0 Å². The minimum Gasteiger partial charge on any atom is -0.303 e. The Morgan fingerprint density at radius 2 is 1.45 bits per heavy atom. The van der Waals surface area contributed by atoms with Gasteiger partial charge in [-0.1, -0.05) is 74.0 Å². The molecule has 0 heterocycles. The number of hydrogen-bond acceptors (Lipinski definition) is 1. The molecule has 0 fully saturated rings. The van der Waals surface area contributed by atoms with Crippen LogP contribution in [0.25, 0.3) is 0 Å². The maximum absolute atomic E-state index is 6.29. The molecule has 2 aromatic rings. The van der Waals surface area contributed by atoms with Crippen LogP contribution in [0.3, 0.4) is 0 Å². The Labute approximate surface area is 127 Å². The van der Waals surface area contributed by atoms with Crippen LogP contribution in [0, 0.1) is 5.92 Å². The lowest BCUT2D eigenvalue weighted by atomic mass is 9.94. The molecular formula is C18H22ClN. The Balaban J connectivity index is 2.19. The van der Waals surface area contributed by atoms with Gasteiger partial charge in [0.2, 0.25) is 0 Å². The number of rotatable bonds is 5. The lowest BCUT2D eigenvalue weighted by Crippen LogP contribution is -2.28. The molecule has 1 N–H and O–H groups in total. The van der Waals surface area contributed by atoms with Crippen molar-refractivity contribution in [2.24, 2.45) is 5.92 Å². The molecule has 2 heteroatoms. The standard InChI is InChI=1S/C18H22ClN/c1-13(2)18(15-9-5-4-6-10-15)20-14(3)16-11-7-8-12-17(16)19/h4-14,18,20H,1-3H3/t14-,18?/m1/s1. The van der Waals surface area contributed by atoms with Gasteiger partial charge in [-0.05, 0) is 30.0 Å². The molecule has 1 nitrogen and oxygen atoms in total. The zero-order valence-corrected chi connectivity index (χ0v) is 13.1. The Morgan fingerprint density at radius 3 is 2.05 bits per heavy atom. The van der Waals surface area contributed by atoms with Crippen molar-refractivity contribution in [1.29, 1.82) is 0 Å². The molecule has 0 saturated heterocycles. The van der Waals surface area contributed by atoms with Crippen molar-refractivity contribution in [3.63, 3.8) is 0 Å². The van der Waals surface area contributed by atoms with E-state index in [1.165, 1.54) is 5.56 Å². The molecule has 0 radical (unpaired) electrons. The number of nitrogens with one attached hydrogen (secondary N) is 1. The van der Waals surface area contributed by atoms with Crippen molar-refractivity contribution in [1.82, 2.24) is 5.32 Å². The Morgan fingerprint density at radius 1 is 0.850 bits per heavy atom. The zero-order chi connectivity index (χ0) is 14.5. The third-order valence-electron chi connectivity index (χ3n) is 3.63. The summed E-state index contributed by atoms with van der Waals surface area (Å²) in [6.45, 7) is 6.65. The number of hydrogen-bond donors (Lipinski definition) is 1. The minimum atomic E-state index is 0.219. The molecule has 0 aliphatic carbocycles. The molecule has 0 spiro atoms. The van der Waals surface area contributed by atoms with Gasteiger partial charge >= 0.3 is 0 Å². The van der Waals surface area contributed by atoms with Crippen molar-refractivity contribution in [3.8, 4) is 0 Å². The molecular weight excluding hydrogens is 266 g/mol. The number of benzene rings is 2. The predicted octanol–water partition coefficient (Wildman–Crippen LogP) is 5.39. The van der Waals surface area contributed by atoms with Gasteiger partial charge in [0.15, 0.2) is 0 Å². The summed E-state index contributed by atoms with van der Waals surface area (Å²) in [5.41, 5.74) is 2.47. The molecule has 2 aromatic carbocycles. The van der Waals surface area contributed by atoms with Gasteiger partial charge in [0, 0.05) is 17.1 Å². The van der Waals surface area contributed by atoms with Gasteiger partial charge in [-0.2, -0.15) is 0 Å². The summed E-state index contributed by atoms with van der Waals surface area (Å²) >= 11 is 6.29. The highest BCUT2D eigenvalue weighted by Crippen LogP contribution is 2.28. The smallest absolute Gasteiger partial charge is 0.0453 e. The average Bonchev–Trinajstić information content (AvgIpc) is 2.45. The molecule has 0 bridgehead atoms. The Bertz CT molecular complexity index is 536. The largest absolute Gasteiger partial charge is 0.303 e. The Kier molecular flexibility index (Phi) is 5.22. The lowest BCUT2D eigenvalue weighted by Gasteiger charge is -2.27. The van der Waals surface area contributed by atoms with E-state index in [1.807, 2.05) is 18.2 Å². The fourth-order valence-corrected chi connectivity index (χ4v) is 2.82. The summed E-state index contributed by atoms with van der Waals surface area (Å²) < 4.78 is 0. The van der Waals surface area contributed by atoms with Crippen LogP contribution in [-0.4, -0.2) is 0 Å². The molecule has 0 saturated carbocycles. The van der Waals surface area contributed by atoms with E-state index >= 15 is 0 Å².